The molecule has 3 heterocycles. The summed E-state index contributed by atoms with van der Waals surface area (Å²) in [5.41, 5.74) is 1.26. The Kier molecular flexibility index (Phi) is 7.07. The van der Waals surface area contributed by atoms with Gasteiger partial charge in [-0.3, -0.25) is 19.1 Å². The highest BCUT2D eigenvalue weighted by atomic mass is 35.5. The third-order valence-electron chi connectivity index (χ3n) is 5.19. The molecule has 0 unspecified atom stereocenters. The molecule has 0 bridgehead atoms. The van der Waals surface area contributed by atoms with E-state index in [1.165, 1.54) is 10.6 Å². The van der Waals surface area contributed by atoms with Crippen molar-refractivity contribution in [3.63, 3.8) is 0 Å². The maximum Gasteiger partial charge on any atom is 0.258 e. The van der Waals surface area contributed by atoms with Crippen LogP contribution in [0.15, 0.2) is 65.7 Å². The van der Waals surface area contributed by atoms with Crippen LogP contribution in [0.5, 0.6) is 11.5 Å². The van der Waals surface area contributed by atoms with Gasteiger partial charge in [0.2, 0.25) is 5.91 Å². The largest absolute Gasteiger partial charge is 0.494 e. The van der Waals surface area contributed by atoms with Gasteiger partial charge in [-0.2, -0.15) is 0 Å². The Balaban J connectivity index is 1.29. The zero-order valence-corrected chi connectivity index (χ0v) is 18.3. The maximum atomic E-state index is 12.5. The first-order valence-electron chi connectivity index (χ1n) is 10.6. The van der Waals surface area contributed by atoms with Crippen LogP contribution >= 0.6 is 11.6 Å². The minimum Gasteiger partial charge on any atom is -0.494 e. The third kappa shape index (κ3) is 5.68. The van der Waals surface area contributed by atoms with Gasteiger partial charge in [0, 0.05) is 43.7 Å². The first kappa shape index (κ1) is 21.9. The Morgan fingerprint density at radius 2 is 1.84 bits per heavy atom. The normalized spacial score (nSPS) is 13.4. The average molecular weight is 454 g/mol. The molecular weight excluding hydrogens is 430 g/mol. The van der Waals surface area contributed by atoms with Gasteiger partial charge in [-0.1, -0.05) is 11.6 Å². The number of aromatic nitrogens is 2. The Morgan fingerprint density at radius 1 is 1.00 bits per heavy atom. The van der Waals surface area contributed by atoms with Crippen LogP contribution < -0.4 is 15.0 Å². The number of halogens is 1. The number of amides is 1. The van der Waals surface area contributed by atoms with Crippen molar-refractivity contribution in [1.82, 2.24) is 14.5 Å². The number of carbonyl (C=O) groups is 1. The summed E-state index contributed by atoms with van der Waals surface area (Å²) in [6.07, 6.45) is 5.64. The quantitative estimate of drug-likeness (QED) is 0.460. The molecule has 4 rings (SSSR count). The molecular formula is C24H24ClN3O4. The zero-order chi connectivity index (χ0) is 22.3. The highest BCUT2D eigenvalue weighted by Gasteiger charge is 2.19. The molecule has 1 aliphatic rings. The summed E-state index contributed by atoms with van der Waals surface area (Å²) in [6.45, 7) is 2.37. The number of carbonyl (C=O) groups excluding carboxylic acids is 1. The van der Waals surface area contributed by atoms with E-state index in [9.17, 15) is 9.59 Å². The second-order valence-electron chi connectivity index (χ2n) is 7.51. The lowest BCUT2D eigenvalue weighted by atomic mass is 10.3. The zero-order valence-electron chi connectivity index (χ0n) is 17.6. The van der Waals surface area contributed by atoms with Gasteiger partial charge < -0.3 is 14.4 Å². The second-order valence-corrected chi connectivity index (χ2v) is 7.94. The summed E-state index contributed by atoms with van der Waals surface area (Å²) >= 11 is 5.83. The molecule has 0 spiro atoms. The summed E-state index contributed by atoms with van der Waals surface area (Å²) < 4.78 is 13.0. The molecule has 32 heavy (non-hydrogen) atoms. The second kappa shape index (κ2) is 10.3. The summed E-state index contributed by atoms with van der Waals surface area (Å²) in [4.78, 5) is 30.2. The van der Waals surface area contributed by atoms with Crippen LogP contribution in [0.1, 0.15) is 25.0 Å². The van der Waals surface area contributed by atoms with Crippen LogP contribution in [-0.4, -0.2) is 40.1 Å². The molecule has 1 aliphatic heterocycles. The van der Waals surface area contributed by atoms with Gasteiger partial charge in [-0.15, -0.1) is 0 Å². The van der Waals surface area contributed by atoms with E-state index in [0.717, 1.165) is 43.1 Å². The van der Waals surface area contributed by atoms with E-state index >= 15 is 0 Å². The van der Waals surface area contributed by atoms with Gasteiger partial charge >= 0.3 is 0 Å². The van der Waals surface area contributed by atoms with Gasteiger partial charge in [0.05, 0.1) is 17.3 Å². The van der Waals surface area contributed by atoms with Crippen molar-refractivity contribution in [2.45, 2.75) is 25.9 Å². The van der Waals surface area contributed by atoms with Crippen molar-refractivity contribution in [2.24, 2.45) is 0 Å². The van der Waals surface area contributed by atoms with E-state index in [0.29, 0.717) is 23.8 Å². The highest BCUT2D eigenvalue weighted by Crippen LogP contribution is 2.17. The molecule has 8 heteroatoms. The van der Waals surface area contributed by atoms with Gasteiger partial charge in [-0.25, -0.2) is 0 Å². The molecule has 1 fully saturated rings. The van der Waals surface area contributed by atoms with Crippen LogP contribution in [0.3, 0.4) is 0 Å². The fraction of sp³-hybridized carbons (Fsp3) is 0.292. The fourth-order valence-electron chi connectivity index (χ4n) is 3.50. The molecule has 0 aliphatic carbocycles. The van der Waals surface area contributed by atoms with Crippen LogP contribution in [-0.2, 0) is 11.4 Å². The predicted octanol–water partition coefficient (Wildman–Crippen LogP) is 3.86. The lowest BCUT2D eigenvalue weighted by Gasteiger charge is -2.15. The predicted molar refractivity (Wildman–Crippen MR) is 122 cm³/mol. The van der Waals surface area contributed by atoms with E-state index in [1.54, 1.807) is 30.6 Å². The molecule has 0 N–H and O–H groups in total. The Morgan fingerprint density at radius 3 is 2.53 bits per heavy atom. The van der Waals surface area contributed by atoms with Crippen molar-refractivity contribution in [2.75, 3.05) is 19.7 Å². The molecule has 0 radical (unpaired) electrons. The molecule has 0 atom stereocenters. The molecule has 2 aromatic heterocycles. The fourth-order valence-corrected chi connectivity index (χ4v) is 3.61. The standard InChI is InChI=1S/C24H24ClN3O4/c25-18-4-5-19(26-16-18)17-32-22-10-13-28(24(30)15-22)20-6-8-21(9-7-20)31-14-2-12-27-11-1-3-23(27)29/h4-10,13,15-16H,1-3,11-12,14,17H2. The molecule has 166 valence electrons. The van der Waals surface area contributed by atoms with E-state index in [1.807, 2.05) is 29.2 Å². The Hall–Kier alpha value is -3.32. The summed E-state index contributed by atoms with van der Waals surface area (Å²) in [5, 5.41) is 0.561. The smallest absolute Gasteiger partial charge is 0.258 e. The number of rotatable bonds is 9. The van der Waals surface area contributed by atoms with Gasteiger partial charge in [0.25, 0.3) is 5.56 Å². The summed E-state index contributed by atoms with van der Waals surface area (Å²) in [6, 6.07) is 14.0. The van der Waals surface area contributed by atoms with E-state index in [-0.39, 0.29) is 18.1 Å². The van der Waals surface area contributed by atoms with Gasteiger partial charge in [0.15, 0.2) is 0 Å². The molecule has 1 saturated heterocycles. The molecule has 1 amide bonds. The minimum absolute atomic E-state index is 0.199. The van der Waals surface area contributed by atoms with E-state index in [4.69, 9.17) is 21.1 Å². The van der Waals surface area contributed by atoms with Gasteiger partial charge in [0.1, 0.15) is 18.1 Å². The molecule has 1 aromatic carbocycles. The highest BCUT2D eigenvalue weighted by molar-refractivity contribution is 6.30. The number of benzene rings is 1. The topological polar surface area (TPSA) is 73.7 Å². The van der Waals surface area contributed by atoms with Crippen LogP contribution in [0, 0.1) is 0 Å². The average Bonchev–Trinajstić information content (AvgIpc) is 3.21. The van der Waals surface area contributed by atoms with Crippen molar-refractivity contribution < 1.29 is 14.3 Å². The number of nitrogens with zero attached hydrogens (tertiary/aromatic N) is 3. The van der Waals surface area contributed by atoms with E-state index < -0.39 is 0 Å². The minimum atomic E-state index is -0.199. The van der Waals surface area contributed by atoms with E-state index in [2.05, 4.69) is 4.98 Å². The maximum absolute atomic E-state index is 12.5. The number of hydrogen-bond donors (Lipinski definition) is 0. The third-order valence-corrected chi connectivity index (χ3v) is 5.42. The molecule has 7 nitrogen and oxygen atoms in total. The summed E-state index contributed by atoms with van der Waals surface area (Å²) in [7, 11) is 0. The first-order valence-corrected chi connectivity index (χ1v) is 10.9. The number of pyridine rings is 2. The van der Waals surface area contributed by atoms with Crippen molar-refractivity contribution in [1.29, 1.82) is 0 Å². The van der Waals surface area contributed by atoms with Crippen LogP contribution in [0.2, 0.25) is 5.02 Å². The van der Waals surface area contributed by atoms with Crippen molar-refractivity contribution in [3.05, 3.63) is 82.0 Å². The lowest BCUT2D eigenvalue weighted by molar-refractivity contribution is -0.127. The number of hydrogen-bond acceptors (Lipinski definition) is 5. The molecule has 3 aromatic rings. The van der Waals surface area contributed by atoms with Gasteiger partial charge in [-0.05, 0) is 55.3 Å². The Labute approximate surface area is 191 Å². The Bertz CT molecular complexity index is 1110. The van der Waals surface area contributed by atoms with Crippen molar-refractivity contribution >= 4 is 17.5 Å². The summed E-state index contributed by atoms with van der Waals surface area (Å²) in [5.74, 6) is 1.43. The van der Waals surface area contributed by atoms with Crippen LogP contribution in [0.25, 0.3) is 5.69 Å². The number of ether oxygens (including phenoxy) is 2. The monoisotopic (exact) mass is 453 g/mol. The molecule has 0 saturated carbocycles. The van der Waals surface area contributed by atoms with Crippen LogP contribution in [0.4, 0.5) is 0 Å². The van der Waals surface area contributed by atoms with Crippen molar-refractivity contribution in [3.8, 4) is 17.2 Å². The lowest BCUT2D eigenvalue weighted by Crippen LogP contribution is -2.26. The SMILES string of the molecule is O=C1CCCN1CCCOc1ccc(-n2ccc(OCc3ccc(Cl)cn3)cc2=O)cc1. The first-order chi connectivity index (χ1) is 15.6. The number of likely N-dealkylation sites (tertiary alicyclic amines) is 1.